The fourth-order valence-corrected chi connectivity index (χ4v) is 4.26. The molecule has 136 valence electrons. The monoisotopic (exact) mass is 355 g/mol. The maximum absolute atomic E-state index is 12.4. The number of nitrogens with one attached hydrogen (secondary N) is 1. The topological polar surface area (TPSA) is 75.6 Å². The van der Waals surface area contributed by atoms with E-state index in [1.54, 1.807) is 18.2 Å². The van der Waals surface area contributed by atoms with Crippen LogP contribution < -0.4 is 9.46 Å². The van der Waals surface area contributed by atoms with Crippen molar-refractivity contribution in [1.82, 2.24) is 4.72 Å². The Morgan fingerprint density at radius 3 is 2.62 bits per heavy atom. The van der Waals surface area contributed by atoms with Crippen molar-refractivity contribution in [2.24, 2.45) is 5.92 Å². The highest BCUT2D eigenvalue weighted by Crippen LogP contribution is 2.26. The Bertz CT molecular complexity index is 624. The minimum absolute atomic E-state index is 0.0696. The van der Waals surface area contributed by atoms with E-state index in [4.69, 9.17) is 4.74 Å². The molecule has 1 saturated carbocycles. The second kappa shape index (κ2) is 8.83. The van der Waals surface area contributed by atoms with Crippen molar-refractivity contribution in [1.29, 1.82) is 0 Å². The molecule has 0 saturated heterocycles. The van der Waals surface area contributed by atoms with E-state index in [9.17, 15) is 13.5 Å². The maximum atomic E-state index is 12.4. The summed E-state index contributed by atoms with van der Waals surface area (Å²) in [4.78, 5) is 0.208. The molecule has 1 aliphatic rings. The molecule has 0 amide bonds. The van der Waals surface area contributed by atoms with Gasteiger partial charge in [-0.05, 0) is 55.9 Å². The molecule has 0 bridgehead atoms. The maximum Gasteiger partial charge on any atom is 0.240 e. The van der Waals surface area contributed by atoms with Crippen molar-refractivity contribution < 1.29 is 18.3 Å². The first-order valence-electron chi connectivity index (χ1n) is 8.85. The Hall–Kier alpha value is -1.11. The van der Waals surface area contributed by atoms with E-state index in [2.05, 4.69) is 4.72 Å². The zero-order chi connectivity index (χ0) is 17.6. The van der Waals surface area contributed by atoms with Gasteiger partial charge in [-0.25, -0.2) is 13.1 Å². The average Bonchev–Trinajstić information content (AvgIpc) is 2.59. The molecule has 2 N–H and O–H groups in total. The normalized spacial score (nSPS) is 17.6. The molecule has 1 aromatic carbocycles. The summed E-state index contributed by atoms with van der Waals surface area (Å²) in [5.74, 6) is 0.908. The summed E-state index contributed by atoms with van der Waals surface area (Å²) in [5, 5.41) is 10.2. The number of benzene rings is 1. The molecule has 5 nitrogen and oxygen atoms in total. The molecular formula is C18H29NO4S. The lowest BCUT2D eigenvalue weighted by Gasteiger charge is -2.26. The van der Waals surface area contributed by atoms with Crippen LogP contribution in [0, 0.1) is 12.8 Å². The van der Waals surface area contributed by atoms with Gasteiger partial charge in [0.2, 0.25) is 10.0 Å². The highest BCUT2D eigenvalue weighted by molar-refractivity contribution is 7.89. The third kappa shape index (κ3) is 5.19. The number of ether oxygens (including phenoxy) is 1. The average molecular weight is 356 g/mol. The zero-order valence-corrected chi connectivity index (χ0v) is 15.4. The number of aliphatic hydroxyl groups is 1. The van der Waals surface area contributed by atoms with Crippen LogP contribution in [0.5, 0.6) is 5.75 Å². The van der Waals surface area contributed by atoms with Crippen LogP contribution in [0.15, 0.2) is 23.1 Å². The SMILES string of the molecule is CCCOc1ccc(S(=O)(=O)NCC(O)C2CCCCC2)cc1C. The van der Waals surface area contributed by atoms with Crippen molar-refractivity contribution in [2.45, 2.75) is 63.4 Å². The second-order valence-corrected chi connectivity index (χ2v) is 8.36. The van der Waals surface area contributed by atoms with Crippen LogP contribution in [0.25, 0.3) is 0 Å². The van der Waals surface area contributed by atoms with Gasteiger partial charge in [-0.15, -0.1) is 0 Å². The second-order valence-electron chi connectivity index (χ2n) is 6.59. The number of hydrogen-bond donors (Lipinski definition) is 2. The van der Waals surface area contributed by atoms with Gasteiger partial charge in [0.1, 0.15) is 5.75 Å². The van der Waals surface area contributed by atoms with E-state index < -0.39 is 16.1 Å². The van der Waals surface area contributed by atoms with Crippen molar-refractivity contribution in [2.75, 3.05) is 13.2 Å². The van der Waals surface area contributed by atoms with Crippen LogP contribution in [0.2, 0.25) is 0 Å². The van der Waals surface area contributed by atoms with Gasteiger partial charge in [-0.2, -0.15) is 0 Å². The lowest BCUT2D eigenvalue weighted by Crippen LogP contribution is -2.37. The molecule has 1 fully saturated rings. The number of aryl methyl sites for hydroxylation is 1. The molecule has 2 rings (SSSR count). The van der Waals surface area contributed by atoms with Gasteiger partial charge in [0.15, 0.2) is 0 Å². The van der Waals surface area contributed by atoms with Crippen molar-refractivity contribution in [3.05, 3.63) is 23.8 Å². The quantitative estimate of drug-likeness (QED) is 0.752. The lowest BCUT2D eigenvalue weighted by molar-refractivity contribution is 0.0888. The smallest absolute Gasteiger partial charge is 0.240 e. The first-order valence-corrected chi connectivity index (χ1v) is 10.3. The number of rotatable bonds is 8. The predicted molar refractivity (Wildman–Crippen MR) is 94.7 cm³/mol. The minimum Gasteiger partial charge on any atom is -0.493 e. The van der Waals surface area contributed by atoms with Crippen LogP contribution in [0.3, 0.4) is 0 Å². The highest BCUT2D eigenvalue weighted by atomic mass is 32.2. The predicted octanol–water partition coefficient (Wildman–Crippen LogP) is 3.00. The molecule has 0 radical (unpaired) electrons. The number of aliphatic hydroxyl groups excluding tert-OH is 1. The Kier molecular flexibility index (Phi) is 7.07. The molecule has 0 aliphatic heterocycles. The van der Waals surface area contributed by atoms with E-state index in [1.165, 1.54) is 6.42 Å². The standard InChI is InChI=1S/C18H29NO4S/c1-3-11-23-18-10-9-16(12-14(18)2)24(21,22)19-13-17(20)15-7-5-4-6-8-15/h9-10,12,15,17,19-20H,3-8,11,13H2,1-2H3. The summed E-state index contributed by atoms with van der Waals surface area (Å²) in [7, 11) is -3.62. The summed E-state index contributed by atoms with van der Waals surface area (Å²) in [5.41, 5.74) is 0.791. The third-order valence-electron chi connectivity index (χ3n) is 4.59. The molecule has 6 heteroatoms. The van der Waals surface area contributed by atoms with Gasteiger partial charge >= 0.3 is 0 Å². The summed E-state index contributed by atoms with van der Waals surface area (Å²) < 4.78 is 33.0. The van der Waals surface area contributed by atoms with Crippen LogP contribution in [0.4, 0.5) is 0 Å². The molecule has 0 aromatic heterocycles. The number of hydrogen-bond acceptors (Lipinski definition) is 4. The van der Waals surface area contributed by atoms with Crippen LogP contribution in [-0.2, 0) is 10.0 Å². The molecule has 24 heavy (non-hydrogen) atoms. The van der Waals surface area contributed by atoms with Gasteiger partial charge in [0, 0.05) is 6.54 Å². The van der Waals surface area contributed by atoms with Gasteiger partial charge in [-0.3, -0.25) is 0 Å². The van der Waals surface area contributed by atoms with Gasteiger partial charge in [-0.1, -0.05) is 26.2 Å². The summed E-state index contributed by atoms with van der Waals surface area (Å²) in [6.45, 7) is 4.54. The fraction of sp³-hybridized carbons (Fsp3) is 0.667. The molecule has 1 atom stereocenters. The molecule has 1 aliphatic carbocycles. The van der Waals surface area contributed by atoms with E-state index in [-0.39, 0.29) is 17.4 Å². The summed E-state index contributed by atoms with van der Waals surface area (Å²) >= 11 is 0. The van der Waals surface area contributed by atoms with Crippen molar-refractivity contribution >= 4 is 10.0 Å². The minimum atomic E-state index is -3.62. The zero-order valence-electron chi connectivity index (χ0n) is 14.6. The Morgan fingerprint density at radius 2 is 2.00 bits per heavy atom. The van der Waals surface area contributed by atoms with E-state index in [0.29, 0.717) is 12.4 Å². The first kappa shape index (κ1) is 19.2. The van der Waals surface area contributed by atoms with E-state index in [1.807, 2.05) is 13.8 Å². The summed E-state index contributed by atoms with van der Waals surface area (Å²) in [6, 6.07) is 4.85. The first-order chi connectivity index (χ1) is 11.4. The third-order valence-corrected chi connectivity index (χ3v) is 6.02. The van der Waals surface area contributed by atoms with Crippen LogP contribution in [0.1, 0.15) is 51.0 Å². The molecule has 0 spiro atoms. The van der Waals surface area contributed by atoms with Gasteiger partial charge < -0.3 is 9.84 Å². The Labute approximate surface area is 145 Å². The summed E-state index contributed by atoms with van der Waals surface area (Å²) in [6.07, 6.45) is 5.69. The van der Waals surface area contributed by atoms with Crippen molar-refractivity contribution in [3.8, 4) is 5.75 Å². The fourth-order valence-electron chi connectivity index (χ4n) is 3.13. The molecule has 0 heterocycles. The largest absolute Gasteiger partial charge is 0.493 e. The molecule has 1 unspecified atom stereocenters. The van der Waals surface area contributed by atoms with E-state index >= 15 is 0 Å². The Morgan fingerprint density at radius 1 is 1.29 bits per heavy atom. The Balaban J connectivity index is 1.97. The molecule has 1 aromatic rings. The van der Waals surface area contributed by atoms with Gasteiger partial charge in [0.05, 0.1) is 17.6 Å². The number of sulfonamides is 1. The van der Waals surface area contributed by atoms with Crippen molar-refractivity contribution in [3.63, 3.8) is 0 Å². The van der Waals surface area contributed by atoms with E-state index in [0.717, 1.165) is 37.7 Å². The molecular weight excluding hydrogens is 326 g/mol. The van der Waals surface area contributed by atoms with Crippen LogP contribution in [-0.4, -0.2) is 32.8 Å². The lowest BCUT2D eigenvalue weighted by atomic mass is 9.85. The van der Waals surface area contributed by atoms with Gasteiger partial charge in [0.25, 0.3) is 0 Å². The van der Waals surface area contributed by atoms with Crippen LogP contribution >= 0.6 is 0 Å². The highest BCUT2D eigenvalue weighted by Gasteiger charge is 2.24.